The Bertz CT molecular complexity index is 981. The molecule has 0 aliphatic rings. The standard InChI is InChI=1S/C22H24N4O2/c1-14-9-15(2)11-18(10-14)26-22(27)19-12-21(25-16(3)24-19)23-13-17-7-5-6-8-20(17)28-4/h5-12H,13H2,1-4H3,(H,26,27)(H,23,24,25). The van der Waals surface area contributed by atoms with Gasteiger partial charge in [0.05, 0.1) is 7.11 Å². The Kier molecular flexibility index (Phi) is 5.89. The molecule has 1 heterocycles. The number of amides is 1. The van der Waals surface area contributed by atoms with Crippen molar-refractivity contribution in [2.75, 3.05) is 17.7 Å². The van der Waals surface area contributed by atoms with E-state index < -0.39 is 0 Å². The summed E-state index contributed by atoms with van der Waals surface area (Å²) in [5, 5.41) is 6.15. The van der Waals surface area contributed by atoms with Crippen LogP contribution in [0.15, 0.2) is 48.5 Å². The quantitative estimate of drug-likeness (QED) is 0.672. The Morgan fingerprint density at radius 2 is 1.71 bits per heavy atom. The normalized spacial score (nSPS) is 10.4. The first-order valence-corrected chi connectivity index (χ1v) is 9.05. The number of anilines is 2. The number of carbonyl (C=O) groups is 1. The third-order valence-electron chi connectivity index (χ3n) is 4.20. The van der Waals surface area contributed by atoms with Crippen LogP contribution in [0.4, 0.5) is 11.5 Å². The van der Waals surface area contributed by atoms with Crippen LogP contribution >= 0.6 is 0 Å². The maximum atomic E-state index is 12.7. The molecular weight excluding hydrogens is 352 g/mol. The van der Waals surface area contributed by atoms with E-state index in [1.807, 2.05) is 50.2 Å². The highest BCUT2D eigenvalue weighted by molar-refractivity contribution is 6.03. The molecule has 0 bridgehead atoms. The maximum absolute atomic E-state index is 12.7. The van der Waals surface area contributed by atoms with Crippen molar-refractivity contribution in [2.45, 2.75) is 27.3 Å². The van der Waals surface area contributed by atoms with Crippen molar-refractivity contribution in [2.24, 2.45) is 0 Å². The first-order chi connectivity index (χ1) is 13.4. The van der Waals surface area contributed by atoms with E-state index in [9.17, 15) is 4.79 Å². The zero-order valence-electron chi connectivity index (χ0n) is 16.5. The minimum Gasteiger partial charge on any atom is -0.496 e. The summed E-state index contributed by atoms with van der Waals surface area (Å²) in [4.78, 5) is 21.3. The Morgan fingerprint density at radius 3 is 2.43 bits per heavy atom. The molecule has 0 fully saturated rings. The molecule has 0 aliphatic carbocycles. The van der Waals surface area contributed by atoms with E-state index >= 15 is 0 Å². The number of benzene rings is 2. The fourth-order valence-corrected chi connectivity index (χ4v) is 3.05. The smallest absolute Gasteiger partial charge is 0.274 e. The van der Waals surface area contributed by atoms with E-state index in [4.69, 9.17) is 4.74 Å². The van der Waals surface area contributed by atoms with E-state index in [0.29, 0.717) is 23.9 Å². The summed E-state index contributed by atoms with van der Waals surface area (Å²) in [5.41, 5.74) is 4.25. The Labute approximate surface area is 165 Å². The molecule has 6 nitrogen and oxygen atoms in total. The molecule has 6 heteroatoms. The molecule has 2 aromatic carbocycles. The van der Waals surface area contributed by atoms with Crippen LogP contribution in [-0.2, 0) is 6.54 Å². The van der Waals surface area contributed by atoms with Crippen LogP contribution in [0.2, 0.25) is 0 Å². The summed E-state index contributed by atoms with van der Waals surface area (Å²) in [6, 6.07) is 15.3. The fourth-order valence-electron chi connectivity index (χ4n) is 3.05. The maximum Gasteiger partial charge on any atom is 0.274 e. The number of hydrogen-bond acceptors (Lipinski definition) is 5. The SMILES string of the molecule is COc1ccccc1CNc1cc(C(=O)Nc2cc(C)cc(C)c2)nc(C)n1. The lowest BCUT2D eigenvalue weighted by molar-refractivity contribution is 0.102. The summed E-state index contributed by atoms with van der Waals surface area (Å²) < 4.78 is 5.37. The molecule has 1 amide bonds. The van der Waals surface area contributed by atoms with Gasteiger partial charge in [0.1, 0.15) is 23.1 Å². The lowest BCUT2D eigenvalue weighted by atomic mass is 10.1. The van der Waals surface area contributed by atoms with Crippen LogP contribution in [0.25, 0.3) is 0 Å². The molecule has 2 N–H and O–H groups in total. The molecule has 28 heavy (non-hydrogen) atoms. The van der Waals surface area contributed by atoms with Crippen LogP contribution in [0, 0.1) is 20.8 Å². The van der Waals surface area contributed by atoms with Gasteiger partial charge in [-0.2, -0.15) is 0 Å². The van der Waals surface area contributed by atoms with Crippen LogP contribution in [0.3, 0.4) is 0 Å². The van der Waals surface area contributed by atoms with E-state index in [-0.39, 0.29) is 5.91 Å². The van der Waals surface area contributed by atoms with Gasteiger partial charge in [-0.3, -0.25) is 4.79 Å². The number of ether oxygens (including phenoxy) is 1. The summed E-state index contributed by atoms with van der Waals surface area (Å²) in [7, 11) is 1.64. The monoisotopic (exact) mass is 376 g/mol. The zero-order valence-corrected chi connectivity index (χ0v) is 16.5. The van der Waals surface area contributed by atoms with Crippen LogP contribution in [0.5, 0.6) is 5.75 Å². The minimum absolute atomic E-state index is 0.268. The number of aromatic nitrogens is 2. The van der Waals surface area contributed by atoms with Crippen LogP contribution in [-0.4, -0.2) is 23.0 Å². The molecule has 0 saturated heterocycles. The Morgan fingerprint density at radius 1 is 1.00 bits per heavy atom. The van der Waals surface area contributed by atoms with E-state index in [0.717, 1.165) is 28.1 Å². The molecule has 3 aromatic rings. The summed E-state index contributed by atoms with van der Waals surface area (Å²) >= 11 is 0. The van der Waals surface area contributed by atoms with Crippen molar-refractivity contribution in [3.8, 4) is 5.75 Å². The molecule has 0 saturated carbocycles. The van der Waals surface area contributed by atoms with Crippen molar-refractivity contribution < 1.29 is 9.53 Å². The van der Waals surface area contributed by atoms with E-state index in [1.54, 1.807) is 20.1 Å². The Hall–Kier alpha value is -3.41. The highest BCUT2D eigenvalue weighted by Gasteiger charge is 2.12. The second-order valence-corrected chi connectivity index (χ2v) is 6.68. The largest absolute Gasteiger partial charge is 0.496 e. The van der Waals surface area contributed by atoms with Crippen molar-refractivity contribution in [3.05, 3.63) is 76.7 Å². The summed E-state index contributed by atoms with van der Waals surface area (Å²) in [6.45, 7) is 6.29. The predicted octanol–water partition coefficient (Wildman–Crippen LogP) is 4.27. The van der Waals surface area contributed by atoms with Gasteiger partial charge < -0.3 is 15.4 Å². The average Bonchev–Trinajstić information content (AvgIpc) is 2.65. The van der Waals surface area contributed by atoms with Gasteiger partial charge in [-0.25, -0.2) is 9.97 Å². The number of nitrogens with zero attached hydrogens (tertiary/aromatic N) is 2. The van der Waals surface area contributed by atoms with Gasteiger partial charge >= 0.3 is 0 Å². The molecule has 0 aliphatic heterocycles. The van der Waals surface area contributed by atoms with E-state index in [1.165, 1.54) is 0 Å². The van der Waals surface area contributed by atoms with E-state index in [2.05, 4.69) is 26.7 Å². The lowest BCUT2D eigenvalue weighted by Crippen LogP contribution is -2.16. The number of aryl methyl sites for hydroxylation is 3. The molecule has 0 unspecified atom stereocenters. The molecule has 3 rings (SSSR count). The number of para-hydroxylation sites is 1. The topological polar surface area (TPSA) is 76.1 Å². The second kappa shape index (κ2) is 8.52. The summed E-state index contributed by atoms with van der Waals surface area (Å²) in [5.74, 6) is 1.64. The third kappa shape index (κ3) is 4.85. The van der Waals surface area contributed by atoms with Crippen molar-refractivity contribution in [1.29, 1.82) is 0 Å². The lowest BCUT2D eigenvalue weighted by Gasteiger charge is -2.12. The molecule has 144 valence electrons. The molecule has 0 radical (unpaired) electrons. The van der Waals surface area contributed by atoms with Crippen molar-refractivity contribution in [3.63, 3.8) is 0 Å². The van der Waals surface area contributed by atoms with Gasteiger partial charge in [0.2, 0.25) is 0 Å². The third-order valence-corrected chi connectivity index (χ3v) is 4.20. The highest BCUT2D eigenvalue weighted by atomic mass is 16.5. The minimum atomic E-state index is -0.268. The summed E-state index contributed by atoms with van der Waals surface area (Å²) in [6.07, 6.45) is 0. The number of methoxy groups -OCH3 is 1. The van der Waals surface area contributed by atoms with Gasteiger partial charge in [0.25, 0.3) is 5.91 Å². The molecule has 0 spiro atoms. The van der Waals surface area contributed by atoms with Gasteiger partial charge in [-0.1, -0.05) is 24.3 Å². The fraction of sp³-hybridized carbons (Fsp3) is 0.227. The number of rotatable bonds is 6. The number of carbonyl (C=O) groups excluding carboxylic acids is 1. The predicted molar refractivity (Wildman–Crippen MR) is 111 cm³/mol. The van der Waals surface area contributed by atoms with Crippen LogP contribution < -0.4 is 15.4 Å². The molecular formula is C22H24N4O2. The molecule has 1 aromatic heterocycles. The van der Waals surface area contributed by atoms with Crippen molar-refractivity contribution >= 4 is 17.4 Å². The Balaban J connectivity index is 1.76. The number of hydrogen-bond donors (Lipinski definition) is 2. The van der Waals surface area contributed by atoms with Crippen molar-refractivity contribution in [1.82, 2.24) is 9.97 Å². The second-order valence-electron chi connectivity index (χ2n) is 6.68. The number of nitrogens with one attached hydrogen (secondary N) is 2. The molecule has 0 atom stereocenters. The van der Waals surface area contributed by atoms with Crippen LogP contribution in [0.1, 0.15) is 33.0 Å². The van der Waals surface area contributed by atoms with Gasteiger partial charge in [-0.15, -0.1) is 0 Å². The first kappa shape index (κ1) is 19.4. The average molecular weight is 376 g/mol. The van der Waals surface area contributed by atoms with Gasteiger partial charge in [-0.05, 0) is 50.1 Å². The van der Waals surface area contributed by atoms with Gasteiger partial charge in [0.15, 0.2) is 0 Å². The zero-order chi connectivity index (χ0) is 20.1. The van der Waals surface area contributed by atoms with Gasteiger partial charge in [0, 0.05) is 23.9 Å². The first-order valence-electron chi connectivity index (χ1n) is 9.05. The highest BCUT2D eigenvalue weighted by Crippen LogP contribution is 2.19.